The van der Waals surface area contributed by atoms with E-state index in [1.807, 2.05) is 12.1 Å². The fourth-order valence-electron chi connectivity index (χ4n) is 2.71. The molecule has 0 radical (unpaired) electrons. The molecule has 1 aromatic heterocycles. The number of piperazine rings is 1. The van der Waals surface area contributed by atoms with Crippen molar-refractivity contribution >= 4 is 5.82 Å². The monoisotopic (exact) mass is 285 g/mol. The number of hydrogen-bond donors (Lipinski definition) is 0. The molecule has 2 heterocycles. The summed E-state index contributed by atoms with van der Waals surface area (Å²) < 4.78 is 13.2. The minimum Gasteiger partial charge on any atom is -0.354 e. The van der Waals surface area contributed by atoms with Gasteiger partial charge in [0, 0.05) is 32.7 Å². The lowest BCUT2D eigenvalue weighted by Gasteiger charge is -2.35. The summed E-state index contributed by atoms with van der Waals surface area (Å²) in [6.07, 6.45) is 1.08. The Kier molecular flexibility index (Phi) is 4.46. The van der Waals surface area contributed by atoms with Crippen molar-refractivity contribution in [3.63, 3.8) is 0 Å². The summed E-state index contributed by atoms with van der Waals surface area (Å²) >= 11 is 0. The molecule has 0 saturated carbocycles. The maximum Gasteiger partial charge on any atom is 0.214 e. The number of halogens is 1. The Hall–Kier alpha value is -1.94. The Labute approximate surface area is 125 Å². The summed E-state index contributed by atoms with van der Waals surface area (Å²) in [5, 5.41) is 0. The van der Waals surface area contributed by atoms with Crippen molar-refractivity contribution in [1.29, 1.82) is 0 Å². The highest BCUT2D eigenvalue weighted by atomic mass is 19.1. The minimum absolute atomic E-state index is 0.404. The van der Waals surface area contributed by atoms with Gasteiger partial charge in [0.1, 0.15) is 5.82 Å². The molecule has 0 amide bonds. The number of rotatable bonds is 4. The SMILES string of the molecule is Fc1cccc(N2CCN(CCc3ccccc3)CC2)n1. The van der Waals surface area contributed by atoms with Crippen molar-refractivity contribution in [1.82, 2.24) is 9.88 Å². The molecule has 3 rings (SSSR count). The van der Waals surface area contributed by atoms with E-state index in [9.17, 15) is 4.39 Å². The molecule has 1 fully saturated rings. The quantitative estimate of drug-likeness (QED) is 0.805. The molecule has 1 aliphatic heterocycles. The molecular formula is C17H20FN3. The first-order valence-electron chi connectivity index (χ1n) is 7.45. The van der Waals surface area contributed by atoms with Crippen LogP contribution in [0.4, 0.5) is 10.2 Å². The average molecular weight is 285 g/mol. The van der Waals surface area contributed by atoms with E-state index in [4.69, 9.17) is 0 Å². The lowest BCUT2D eigenvalue weighted by Crippen LogP contribution is -2.47. The summed E-state index contributed by atoms with van der Waals surface area (Å²) in [5.74, 6) is 0.344. The van der Waals surface area contributed by atoms with Crippen LogP contribution >= 0.6 is 0 Å². The van der Waals surface area contributed by atoms with Gasteiger partial charge in [0.25, 0.3) is 0 Å². The Morgan fingerprint density at radius 3 is 2.38 bits per heavy atom. The molecule has 0 aliphatic carbocycles. The van der Waals surface area contributed by atoms with E-state index >= 15 is 0 Å². The smallest absolute Gasteiger partial charge is 0.214 e. The Bertz CT molecular complexity index is 565. The lowest BCUT2D eigenvalue weighted by molar-refractivity contribution is 0.260. The first-order chi connectivity index (χ1) is 10.3. The third kappa shape index (κ3) is 3.79. The largest absolute Gasteiger partial charge is 0.354 e. The Balaban J connectivity index is 1.49. The number of benzene rings is 1. The van der Waals surface area contributed by atoms with Gasteiger partial charge in [-0.05, 0) is 24.1 Å². The predicted molar refractivity (Wildman–Crippen MR) is 83.0 cm³/mol. The molecule has 1 aliphatic rings. The first kappa shape index (κ1) is 14.0. The van der Waals surface area contributed by atoms with E-state index in [2.05, 4.69) is 39.0 Å². The summed E-state index contributed by atoms with van der Waals surface area (Å²) in [6, 6.07) is 15.6. The molecule has 3 nitrogen and oxygen atoms in total. The molecule has 110 valence electrons. The fraction of sp³-hybridized carbons (Fsp3) is 0.353. The van der Waals surface area contributed by atoms with Crippen LogP contribution in [0.25, 0.3) is 0 Å². The molecule has 0 atom stereocenters. The van der Waals surface area contributed by atoms with Crippen LogP contribution in [0.2, 0.25) is 0 Å². The highest BCUT2D eigenvalue weighted by Crippen LogP contribution is 2.14. The normalized spacial score (nSPS) is 16.1. The van der Waals surface area contributed by atoms with Gasteiger partial charge in [-0.15, -0.1) is 0 Å². The molecule has 1 aromatic carbocycles. The zero-order valence-electron chi connectivity index (χ0n) is 12.1. The van der Waals surface area contributed by atoms with Crippen molar-refractivity contribution in [3.05, 3.63) is 60.0 Å². The van der Waals surface area contributed by atoms with Gasteiger partial charge < -0.3 is 4.90 Å². The minimum atomic E-state index is -0.404. The summed E-state index contributed by atoms with van der Waals surface area (Å²) in [6.45, 7) is 4.90. The second-order valence-electron chi connectivity index (χ2n) is 5.38. The van der Waals surface area contributed by atoms with Gasteiger partial charge in [-0.25, -0.2) is 4.98 Å². The lowest BCUT2D eigenvalue weighted by atomic mass is 10.1. The van der Waals surface area contributed by atoms with Gasteiger partial charge in [-0.1, -0.05) is 36.4 Å². The van der Waals surface area contributed by atoms with E-state index in [-0.39, 0.29) is 0 Å². The van der Waals surface area contributed by atoms with E-state index in [0.29, 0.717) is 0 Å². The number of aromatic nitrogens is 1. The second kappa shape index (κ2) is 6.68. The fourth-order valence-corrected chi connectivity index (χ4v) is 2.71. The molecule has 1 saturated heterocycles. The van der Waals surface area contributed by atoms with Gasteiger partial charge >= 0.3 is 0 Å². The highest BCUT2D eigenvalue weighted by molar-refractivity contribution is 5.38. The number of hydrogen-bond acceptors (Lipinski definition) is 3. The third-order valence-corrected chi connectivity index (χ3v) is 3.96. The van der Waals surface area contributed by atoms with Crippen molar-refractivity contribution in [3.8, 4) is 0 Å². The number of nitrogens with zero attached hydrogens (tertiary/aromatic N) is 3. The van der Waals surface area contributed by atoms with Gasteiger partial charge in [0.15, 0.2) is 0 Å². The molecule has 0 spiro atoms. The number of pyridine rings is 1. The van der Waals surface area contributed by atoms with E-state index in [1.165, 1.54) is 11.6 Å². The molecule has 4 heteroatoms. The standard InChI is InChI=1S/C17H20FN3/c18-16-7-4-8-17(19-16)21-13-11-20(12-14-21)10-9-15-5-2-1-3-6-15/h1-8H,9-14H2. The second-order valence-corrected chi connectivity index (χ2v) is 5.38. The number of anilines is 1. The molecule has 21 heavy (non-hydrogen) atoms. The first-order valence-corrected chi connectivity index (χ1v) is 7.45. The van der Waals surface area contributed by atoms with E-state index in [0.717, 1.165) is 45.0 Å². The average Bonchev–Trinajstić information content (AvgIpc) is 2.54. The van der Waals surface area contributed by atoms with Crippen molar-refractivity contribution in [2.24, 2.45) is 0 Å². The van der Waals surface area contributed by atoms with E-state index < -0.39 is 5.95 Å². The van der Waals surface area contributed by atoms with Gasteiger partial charge in [-0.2, -0.15) is 4.39 Å². The predicted octanol–water partition coefficient (Wildman–Crippen LogP) is 2.59. The highest BCUT2D eigenvalue weighted by Gasteiger charge is 2.17. The van der Waals surface area contributed by atoms with Crippen LogP contribution in [0, 0.1) is 5.95 Å². The molecular weight excluding hydrogens is 265 g/mol. The summed E-state index contributed by atoms with van der Waals surface area (Å²) in [7, 11) is 0. The Morgan fingerprint density at radius 2 is 1.67 bits per heavy atom. The zero-order valence-corrected chi connectivity index (χ0v) is 12.1. The molecule has 0 bridgehead atoms. The topological polar surface area (TPSA) is 19.4 Å². The van der Waals surface area contributed by atoms with Crippen molar-refractivity contribution < 1.29 is 4.39 Å². The van der Waals surface area contributed by atoms with Crippen LogP contribution in [0.15, 0.2) is 48.5 Å². The maximum absolute atomic E-state index is 13.2. The van der Waals surface area contributed by atoms with Crippen LogP contribution in [0.5, 0.6) is 0 Å². The maximum atomic E-state index is 13.2. The zero-order chi connectivity index (χ0) is 14.5. The molecule has 0 unspecified atom stereocenters. The summed E-state index contributed by atoms with van der Waals surface area (Å²) in [4.78, 5) is 8.57. The van der Waals surface area contributed by atoms with Crippen molar-refractivity contribution in [2.45, 2.75) is 6.42 Å². The van der Waals surface area contributed by atoms with Crippen LogP contribution in [-0.2, 0) is 6.42 Å². The van der Waals surface area contributed by atoms with Gasteiger partial charge in [0.2, 0.25) is 5.95 Å². The summed E-state index contributed by atoms with van der Waals surface area (Å²) in [5.41, 5.74) is 1.38. The molecule has 0 N–H and O–H groups in total. The molecule has 2 aromatic rings. The third-order valence-electron chi connectivity index (χ3n) is 3.96. The van der Waals surface area contributed by atoms with Crippen molar-refractivity contribution in [2.75, 3.05) is 37.6 Å². The van der Waals surface area contributed by atoms with E-state index in [1.54, 1.807) is 6.07 Å². The van der Waals surface area contributed by atoms with Gasteiger partial charge in [0.05, 0.1) is 0 Å². The van der Waals surface area contributed by atoms with Crippen LogP contribution < -0.4 is 4.90 Å². The Morgan fingerprint density at radius 1 is 0.905 bits per heavy atom. The van der Waals surface area contributed by atoms with Crippen LogP contribution in [0.1, 0.15) is 5.56 Å². The van der Waals surface area contributed by atoms with Crippen LogP contribution in [-0.4, -0.2) is 42.6 Å². The van der Waals surface area contributed by atoms with Gasteiger partial charge in [-0.3, -0.25) is 4.90 Å². The van der Waals surface area contributed by atoms with Crippen LogP contribution in [0.3, 0.4) is 0 Å².